The predicted octanol–water partition coefficient (Wildman–Crippen LogP) is 4.95. The maximum Gasteiger partial charge on any atom is 0.266 e. The summed E-state index contributed by atoms with van der Waals surface area (Å²) in [6.45, 7) is 8.29. The minimum Gasteiger partial charge on any atom is -0.486 e. The summed E-state index contributed by atoms with van der Waals surface area (Å²) in [6, 6.07) is 15.4. The lowest BCUT2D eigenvalue weighted by molar-refractivity contribution is -0.122. The molecular formula is C22H25N3O3S. The SMILES string of the molecule is Cc1ccc(C(C)C)c(OCc2nnc(NC(=O)C(C)Oc3ccccc3)s2)c1. The number of carbonyl (C=O) groups is 1. The zero-order chi connectivity index (χ0) is 20.8. The molecule has 0 aliphatic rings. The Labute approximate surface area is 174 Å². The Balaban J connectivity index is 1.57. The van der Waals surface area contributed by atoms with Crippen LogP contribution < -0.4 is 14.8 Å². The quantitative estimate of drug-likeness (QED) is 0.567. The van der Waals surface area contributed by atoms with Gasteiger partial charge in [0.2, 0.25) is 5.13 Å². The van der Waals surface area contributed by atoms with Gasteiger partial charge >= 0.3 is 0 Å². The van der Waals surface area contributed by atoms with Crippen molar-refractivity contribution in [2.45, 2.75) is 46.3 Å². The fourth-order valence-electron chi connectivity index (χ4n) is 2.71. The number of aryl methyl sites for hydroxylation is 1. The van der Waals surface area contributed by atoms with Gasteiger partial charge in [0.25, 0.3) is 5.91 Å². The van der Waals surface area contributed by atoms with Crippen LogP contribution in [0.3, 0.4) is 0 Å². The Morgan fingerprint density at radius 1 is 1.10 bits per heavy atom. The summed E-state index contributed by atoms with van der Waals surface area (Å²) in [4.78, 5) is 12.3. The monoisotopic (exact) mass is 411 g/mol. The number of rotatable bonds is 8. The number of hydrogen-bond acceptors (Lipinski definition) is 6. The maximum absolute atomic E-state index is 12.3. The van der Waals surface area contributed by atoms with Crippen molar-refractivity contribution in [3.05, 3.63) is 64.7 Å². The number of anilines is 1. The Morgan fingerprint density at radius 2 is 1.86 bits per heavy atom. The molecule has 0 saturated heterocycles. The minimum absolute atomic E-state index is 0.279. The molecule has 1 atom stereocenters. The molecular weight excluding hydrogens is 386 g/mol. The summed E-state index contributed by atoms with van der Waals surface area (Å²) in [6.07, 6.45) is -0.651. The van der Waals surface area contributed by atoms with Crippen molar-refractivity contribution in [2.24, 2.45) is 0 Å². The third-order valence-electron chi connectivity index (χ3n) is 4.26. The summed E-state index contributed by atoms with van der Waals surface area (Å²) in [5.74, 6) is 1.57. The highest BCUT2D eigenvalue weighted by Gasteiger charge is 2.17. The van der Waals surface area contributed by atoms with Crippen LogP contribution in [0.2, 0.25) is 0 Å². The second kappa shape index (κ2) is 9.52. The van der Waals surface area contributed by atoms with E-state index >= 15 is 0 Å². The van der Waals surface area contributed by atoms with Gasteiger partial charge in [-0.15, -0.1) is 10.2 Å². The van der Waals surface area contributed by atoms with Gasteiger partial charge in [-0.3, -0.25) is 10.1 Å². The van der Waals surface area contributed by atoms with Crippen molar-refractivity contribution < 1.29 is 14.3 Å². The van der Waals surface area contributed by atoms with E-state index in [9.17, 15) is 4.79 Å². The molecule has 1 aromatic heterocycles. The summed E-state index contributed by atoms with van der Waals surface area (Å²) in [7, 11) is 0. The first-order chi connectivity index (χ1) is 13.9. The predicted molar refractivity (Wildman–Crippen MR) is 115 cm³/mol. The van der Waals surface area contributed by atoms with Gasteiger partial charge in [-0.1, -0.05) is 55.5 Å². The molecule has 29 heavy (non-hydrogen) atoms. The zero-order valence-electron chi connectivity index (χ0n) is 17.0. The topological polar surface area (TPSA) is 73.3 Å². The van der Waals surface area contributed by atoms with Crippen molar-refractivity contribution in [1.29, 1.82) is 0 Å². The lowest BCUT2D eigenvalue weighted by Crippen LogP contribution is -2.30. The number of ether oxygens (including phenoxy) is 2. The highest BCUT2D eigenvalue weighted by molar-refractivity contribution is 7.15. The molecule has 1 amide bonds. The van der Waals surface area contributed by atoms with Crippen LogP contribution in [0.1, 0.15) is 42.8 Å². The van der Waals surface area contributed by atoms with E-state index in [1.807, 2.05) is 31.2 Å². The Kier molecular flexibility index (Phi) is 6.82. The summed E-state index contributed by atoms with van der Waals surface area (Å²) < 4.78 is 11.6. The van der Waals surface area contributed by atoms with Crippen LogP contribution in [0.25, 0.3) is 0 Å². The van der Waals surface area contributed by atoms with E-state index in [2.05, 4.69) is 41.5 Å². The summed E-state index contributed by atoms with van der Waals surface area (Å²) in [5.41, 5.74) is 2.29. The van der Waals surface area contributed by atoms with Crippen LogP contribution >= 0.6 is 11.3 Å². The van der Waals surface area contributed by atoms with Gasteiger partial charge in [0.1, 0.15) is 18.1 Å². The molecule has 0 saturated carbocycles. The van der Waals surface area contributed by atoms with E-state index in [0.717, 1.165) is 16.9 Å². The second-order valence-corrected chi connectivity index (χ2v) is 8.11. The van der Waals surface area contributed by atoms with E-state index in [4.69, 9.17) is 9.47 Å². The van der Waals surface area contributed by atoms with Crippen LogP contribution in [-0.4, -0.2) is 22.2 Å². The minimum atomic E-state index is -0.651. The van der Waals surface area contributed by atoms with Crippen molar-refractivity contribution >= 4 is 22.4 Å². The van der Waals surface area contributed by atoms with Gasteiger partial charge in [-0.05, 0) is 49.1 Å². The number of aromatic nitrogens is 2. The van der Waals surface area contributed by atoms with E-state index in [-0.39, 0.29) is 5.91 Å². The molecule has 152 valence electrons. The van der Waals surface area contributed by atoms with Gasteiger partial charge in [-0.2, -0.15) is 0 Å². The maximum atomic E-state index is 12.3. The molecule has 0 aliphatic heterocycles. The fourth-order valence-corrected chi connectivity index (χ4v) is 3.37. The van der Waals surface area contributed by atoms with Crippen LogP contribution in [0.5, 0.6) is 11.5 Å². The first kappa shape index (κ1) is 20.8. The molecule has 3 aromatic rings. The number of carbonyl (C=O) groups excluding carboxylic acids is 1. The van der Waals surface area contributed by atoms with Gasteiger partial charge in [0.05, 0.1) is 0 Å². The van der Waals surface area contributed by atoms with Crippen molar-refractivity contribution in [2.75, 3.05) is 5.32 Å². The smallest absolute Gasteiger partial charge is 0.266 e. The Hall–Kier alpha value is -2.93. The average molecular weight is 412 g/mol. The van der Waals surface area contributed by atoms with E-state index < -0.39 is 6.10 Å². The van der Waals surface area contributed by atoms with Crippen LogP contribution in [0, 0.1) is 6.92 Å². The number of hydrogen-bond donors (Lipinski definition) is 1. The van der Waals surface area contributed by atoms with Crippen molar-refractivity contribution in [3.8, 4) is 11.5 Å². The van der Waals surface area contributed by atoms with Crippen LogP contribution in [-0.2, 0) is 11.4 Å². The lowest BCUT2D eigenvalue weighted by atomic mass is 10.0. The molecule has 1 unspecified atom stereocenters. The van der Waals surface area contributed by atoms with Crippen molar-refractivity contribution in [1.82, 2.24) is 10.2 Å². The lowest BCUT2D eigenvalue weighted by Gasteiger charge is -2.14. The fraction of sp³-hybridized carbons (Fsp3) is 0.318. The first-order valence-corrected chi connectivity index (χ1v) is 10.3. The normalized spacial score (nSPS) is 11.9. The van der Waals surface area contributed by atoms with E-state index in [0.29, 0.717) is 28.4 Å². The van der Waals surface area contributed by atoms with Crippen molar-refractivity contribution in [3.63, 3.8) is 0 Å². The molecule has 7 heteroatoms. The number of nitrogens with zero attached hydrogens (tertiary/aromatic N) is 2. The van der Waals surface area contributed by atoms with Gasteiger partial charge in [0, 0.05) is 0 Å². The second-order valence-electron chi connectivity index (χ2n) is 7.05. The summed E-state index contributed by atoms with van der Waals surface area (Å²) >= 11 is 1.29. The molecule has 0 aliphatic carbocycles. The highest BCUT2D eigenvalue weighted by Crippen LogP contribution is 2.28. The largest absolute Gasteiger partial charge is 0.486 e. The van der Waals surface area contributed by atoms with Crippen LogP contribution in [0.15, 0.2) is 48.5 Å². The number of amides is 1. The molecule has 0 bridgehead atoms. The molecule has 6 nitrogen and oxygen atoms in total. The van der Waals surface area contributed by atoms with E-state index in [1.54, 1.807) is 19.1 Å². The summed E-state index contributed by atoms with van der Waals surface area (Å²) in [5, 5.41) is 12.0. The van der Waals surface area contributed by atoms with Gasteiger partial charge in [-0.25, -0.2) is 0 Å². The standard InChI is InChI=1S/C22H25N3O3S/c1-14(2)18-11-10-15(3)12-19(18)27-13-20-24-25-22(29-20)23-21(26)16(4)28-17-8-6-5-7-9-17/h5-12,14,16H,13H2,1-4H3,(H,23,25,26). The molecule has 1 N–H and O–H groups in total. The van der Waals surface area contributed by atoms with Gasteiger partial charge in [0.15, 0.2) is 11.1 Å². The third kappa shape index (κ3) is 5.77. The number of nitrogens with one attached hydrogen (secondary N) is 1. The Bertz CT molecular complexity index is 957. The zero-order valence-corrected chi connectivity index (χ0v) is 17.8. The first-order valence-electron chi connectivity index (χ1n) is 9.50. The highest BCUT2D eigenvalue weighted by atomic mass is 32.1. The van der Waals surface area contributed by atoms with E-state index in [1.165, 1.54) is 11.3 Å². The average Bonchev–Trinajstić information content (AvgIpc) is 3.14. The van der Waals surface area contributed by atoms with Crippen LogP contribution in [0.4, 0.5) is 5.13 Å². The molecule has 0 radical (unpaired) electrons. The molecule has 0 spiro atoms. The molecule has 3 rings (SSSR count). The molecule has 2 aromatic carbocycles. The number of benzene rings is 2. The third-order valence-corrected chi connectivity index (χ3v) is 5.08. The number of para-hydroxylation sites is 1. The van der Waals surface area contributed by atoms with Gasteiger partial charge < -0.3 is 9.47 Å². The molecule has 0 fully saturated rings. The molecule has 1 heterocycles. The Morgan fingerprint density at radius 3 is 2.59 bits per heavy atom.